The van der Waals surface area contributed by atoms with Crippen molar-refractivity contribution in [1.29, 1.82) is 0 Å². The monoisotopic (exact) mass is 410 g/mol. The second-order valence-electron chi connectivity index (χ2n) is 6.64. The number of amides is 1. The van der Waals surface area contributed by atoms with Crippen LogP contribution in [-0.2, 0) is 17.9 Å². The number of nitrogens with one attached hydrogen (secondary N) is 1. The van der Waals surface area contributed by atoms with Crippen LogP contribution in [0.25, 0.3) is 0 Å². The summed E-state index contributed by atoms with van der Waals surface area (Å²) in [7, 11) is 0. The first-order valence-corrected chi connectivity index (χ1v) is 9.71. The molecule has 1 unspecified atom stereocenters. The van der Waals surface area contributed by atoms with E-state index in [1.165, 1.54) is 0 Å². The smallest absolute Gasteiger partial charge is 0.261 e. The Morgan fingerprint density at radius 3 is 2.62 bits per heavy atom. The van der Waals surface area contributed by atoms with Crippen molar-refractivity contribution in [3.05, 3.63) is 88.7 Å². The summed E-state index contributed by atoms with van der Waals surface area (Å²) in [4.78, 5) is 16.6. The summed E-state index contributed by atoms with van der Waals surface area (Å²) in [6.45, 7) is 4.43. The summed E-state index contributed by atoms with van der Waals surface area (Å²) in [5.41, 5.74) is 2.73. The Morgan fingerprint density at radius 1 is 1.14 bits per heavy atom. The average molecular weight is 411 g/mol. The third-order valence-corrected chi connectivity index (χ3v) is 4.55. The molecule has 0 aliphatic rings. The van der Waals surface area contributed by atoms with Crippen molar-refractivity contribution in [2.75, 3.05) is 0 Å². The molecule has 5 nitrogen and oxygen atoms in total. The van der Waals surface area contributed by atoms with Gasteiger partial charge in [-0.2, -0.15) is 0 Å². The standard InChI is InChI=1S/C23H23ClN2O3/c1-16-13-19(24)8-11-22(16)29-17(2)23(27)26-14-18-6-9-21(10-7-18)28-15-20-5-3-4-12-25-20/h3-13,17H,14-15H2,1-2H3,(H,26,27). The number of hydrogen-bond donors (Lipinski definition) is 1. The van der Waals surface area contributed by atoms with E-state index in [0.29, 0.717) is 23.9 Å². The minimum atomic E-state index is -0.615. The number of ether oxygens (including phenoxy) is 2. The molecule has 150 valence electrons. The number of hydrogen-bond acceptors (Lipinski definition) is 4. The van der Waals surface area contributed by atoms with Gasteiger partial charge in [-0.05, 0) is 67.4 Å². The lowest BCUT2D eigenvalue weighted by Crippen LogP contribution is -2.36. The van der Waals surface area contributed by atoms with Gasteiger partial charge in [0.05, 0.1) is 5.69 Å². The van der Waals surface area contributed by atoms with Crippen molar-refractivity contribution in [1.82, 2.24) is 10.3 Å². The highest BCUT2D eigenvalue weighted by Gasteiger charge is 2.15. The van der Waals surface area contributed by atoms with Crippen LogP contribution in [0.4, 0.5) is 0 Å². The number of nitrogens with zero attached hydrogens (tertiary/aromatic N) is 1. The summed E-state index contributed by atoms with van der Waals surface area (Å²) >= 11 is 5.95. The van der Waals surface area contributed by atoms with Crippen LogP contribution in [0, 0.1) is 6.92 Å². The van der Waals surface area contributed by atoms with E-state index in [1.54, 1.807) is 31.3 Å². The van der Waals surface area contributed by atoms with Gasteiger partial charge in [-0.25, -0.2) is 0 Å². The van der Waals surface area contributed by atoms with E-state index in [4.69, 9.17) is 21.1 Å². The van der Waals surface area contributed by atoms with Crippen molar-refractivity contribution < 1.29 is 14.3 Å². The molecule has 0 bridgehead atoms. The van der Waals surface area contributed by atoms with Crippen LogP contribution in [0.3, 0.4) is 0 Å². The van der Waals surface area contributed by atoms with E-state index >= 15 is 0 Å². The SMILES string of the molecule is Cc1cc(Cl)ccc1OC(C)C(=O)NCc1ccc(OCc2ccccn2)cc1. The summed E-state index contributed by atoms with van der Waals surface area (Å²) in [5, 5.41) is 3.52. The van der Waals surface area contributed by atoms with E-state index in [9.17, 15) is 4.79 Å². The second-order valence-corrected chi connectivity index (χ2v) is 7.08. The predicted molar refractivity (Wildman–Crippen MR) is 113 cm³/mol. The third-order valence-electron chi connectivity index (χ3n) is 4.31. The van der Waals surface area contributed by atoms with Gasteiger partial charge < -0.3 is 14.8 Å². The molecule has 6 heteroatoms. The van der Waals surface area contributed by atoms with Gasteiger partial charge in [0.2, 0.25) is 0 Å². The largest absolute Gasteiger partial charge is 0.487 e. The van der Waals surface area contributed by atoms with Crippen LogP contribution in [0.5, 0.6) is 11.5 Å². The van der Waals surface area contributed by atoms with Gasteiger partial charge in [-0.3, -0.25) is 9.78 Å². The summed E-state index contributed by atoms with van der Waals surface area (Å²) < 4.78 is 11.5. The molecule has 0 fully saturated rings. The van der Waals surface area contributed by atoms with Crippen LogP contribution in [-0.4, -0.2) is 17.0 Å². The van der Waals surface area contributed by atoms with Crippen molar-refractivity contribution in [2.24, 2.45) is 0 Å². The minimum Gasteiger partial charge on any atom is -0.487 e. The highest BCUT2D eigenvalue weighted by Crippen LogP contribution is 2.23. The van der Waals surface area contributed by atoms with E-state index in [2.05, 4.69) is 10.3 Å². The van der Waals surface area contributed by atoms with Gasteiger partial charge in [-0.15, -0.1) is 0 Å². The van der Waals surface area contributed by atoms with Crippen LogP contribution in [0.2, 0.25) is 5.02 Å². The van der Waals surface area contributed by atoms with Gasteiger partial charge in [0.1, 0.15) is 18.1 Å². The lowest BCUT2D eigenvalue weighted by molar-refractivity contribution is -0.127. The summed E-state index contributed by atoms with van der Waals surface area (Å²) in [6.07, 6.45) is 1.12. The number of aromatic nitrogens is 1. The molecule has 3 aromatic rings. The van der Waals surface area contributed by atoms with Crippen molar-refractivity contribution >= 4 is 17.5 Å². The lowest BCUT2D eigenvalue weighted by Gasteiger charge is -2.16. The van der Waals surface area contributed by atoms with E-state index in [1.807, 2.05) is 49.4 Å². The molecule has 29 heavy (non-hydrogen) atoms. The summed E-state index contributed by atoms with van der Waals surface area (Å²) in [6, 6.07) is 18.6. The Morgan fingerprint density at radius 2 is 1.93 bits per heavy atom. The van der Waals surface area contributed by atoms with Gasteiger partial charge in [0.15, 0.2) is 6.10 Å². The molecule has 0 radical (unpaired) electrons. The van der Waals surface area contributed by atoms with Crippen LogP contribution in [0.15, 0.2) is 66.9 Å². The maximum absolute atomic E-state index is 12.3. The highest BCUT2D eigenvalue weighted by molar-refractivity contribution is 6.30. The topological polar surface area (TPSA) is 60.5 Å². The Kier molecular flexibility index (Phi) is 7.09. The van der Waals surface area contributed by atoms with Crippen molar-refractivity contribution in [3.8, 4) is 11.5 Å². The number of carbonyl (C=O) groups excluding carboxylic acids is 1. The summed E-state index contributed by atoms with van der Waals surface area (Å²) in [5.74, 6) is 1.21. The van der Waals surface area contributed by atoms with Crippen LogP contribution >= 0.6 is 11.6 Å². The lowest BCUT2D eigenvalue weighted by atomic mass is 10.2. The molecule has 0 saturated heterocycles. The van der Waals surface area contributed by atoms with Gasteiger partial charge in [0, 0.05) is 17.8 Å². The first kappa shape index (κ1) is 20.7. The zero-order valence-electron chi connectivity index (χ0n) is 16.4. The molecule has 1 N–H and O–H groups in total. The fourth-order valence-corrected chi connectivity index (χ4v) is 2.89. The maximum Gasteiger partial charge on any atom is 0.261 e. The molecule has 2 aromatic carbocycles. The molecular formula is C23H23ClN2O3. The van der Waals surface area contributed by atoms with Gasteiger partial charge in [-0.1, -0.05) is 29.8 Å². The Bertz CT molecular complexity index is 946. The first-order chi connectivity index (χ1) is 14.0. The number of pyridine rings is 1. The van der Waals surface area contributed by atoms with Crippen LogP contribution in [0.1, 0.15) is 23.7 Å². The first-order valence-electron chi connectivity index (χ1n) is 9.33. The Hall–Kier alpha value is -3.05. The second kappa shape index (κ2) is 9.94. The number of halogens is 1. The number of carbonyl (C=O) groups is 1. The number of benzene rings is 2. The molecule has 1 atom stereocenters. The zero-order valence-corrected chi connectivity index (χ0v) is 17.1. The van der Waals surface area contributed by atoms with Gasteiger partial charge in [0.25, 0.3) is 5.91 Å². The van der Waals surface area contributed by atoms with E-state index in [-0.39, 0.29) is 5.91 Å². The van der Waals surface area contributed by atoms with Crippen LogP contribution < -0.4 is 14.8 Å². The molecule has 0 saturated carbocycles. The quantitative estimate of drug-likeness (QED) is 0.584. The molecule has 0 aliphatic carbocycles. The maximum atomic E-state index is 12.3. The fraction of sp³-hybridized carbons (Fsp3) is 0.217. The Labute approximate surface area is 175 Å². The molecule has 1 heterocycles. The van der Waals surface area contributed by atoms with Crippen molar-refractivity contribution in [3.63, 3.8) is 0 Å². The predicted octanol–water partition coefficient (Wildman–Crippen LogP) is 4.71. The van der Waals surface area contributed by atoms with E-state index < -0.39 is 6.10 Å². The number of rotatable bonds is 8. The van der Waals surface area contributed by atoms with Crippen molar-refractivity contribution in [2.45, 2.75) is 33.1 Å². The van der Waals surface area contributed by atoms with E-state index in [0.717, 1.165) is 22.6 Å². The molecule has 0 spiro atoms. The molecule has 0 aliphatic heterocycles. The molecule has 1 amide bonds. The molecular weight excluding hydrogens is 388 g/mol. The average Bonchev–Trinajstić information content (AvgIpc) is 2.74. The third kappa shape index (κ3) is 6.22. The number of aryl methyl sites for hydroxylation is 1. The molecule has 1 aromatic heterocycles. The minimum absolute atomic E-state index is 0.185. The molecule has 3 rings (SSSR count). The normalized spacial score (nSPS) is 11.6. The highest BCUT2D eigenvalue weighted by atomic mass is 35.5. The zero-order chi connectivity index (χ0) is 20.6. The van der Waals surface area contributed by atoms with Gasteiger partial charge >= 0.3 is 0 Å². The fourth-order valence-electron chi connectivity index (χ4n) is 2.67. The Balaban J connectivity index is 1.46.